The molecule has 0 aliphatic carbocycles. The maximum absolute atomic E-state index is 13.2. The average molecular weight is 519 g/mol. The van der Waals surface area contributed by atoms with E-state index in [-0.39, 0.29) is 18.7 Å². The fourth-order valence-corrected chi connectivity index (χ4v) is 3.98. The molecule has 3 aromatic rings. The van der Waals surface area contributed by atoms with Gasteiger partial charge in [0.05, 0.1) is 22.2 Å². The molecule has 9 heteroatoms. The second kappa shape index (κ2) is 11.1. The van der Waals surface area contributed by atoms with Crippen LogP contribution in [0.3, 0.4) is 0 Å². The number of hydrogen-bond donors (Lipinski definition) is 1. The van der Waals surface area contributed by atoms with E-state index in [0.29, 0.717) is 33.9 Å². The molecule has 7 nitrogen and oxygen atoms in total. The number of carbonyl (C=O) groups excluding carboxylic acids is 2. The van der Waals surface area contributed by atoms with E-state index in [2.05, 4.69) is 5.32 Å². The van der Waals surface area contributed by atoms with Gasteiger partial charge in [0.1, 0.15) is 11.2 Å². The quantitative estimate of drug-likeness (QED) is 0.411. The summed E-state index contributed by atoms with van der Waals surface area (Å²) in [6.45, 7) is 7.70. The molecule has 186 valence electrons. The molecule has 0 radical (unpaired) electrons. The lowest BCUT2D eigenvalue weighted by molar-refractivity contribution is 0.0511. The minimum atomic E-state index is -0.698. The van der Waals surface area contributed by atoms with Gasteiger partial charge in [0.15, 0.2) is 0 Å². The van der Waals surface area contributed by atoms with E-state index in [4.69, 9.17) is 32.7 Å². The van der Waals surface area contributed by atoms with Crippen molar-refractivity contribution in [1.82, 2.24) is 9.88 Å². The molecule has 0 unspecified atom stereocenters. The van der Waals surface area contributed by atoms with Crippen molar-refractivity contribution in [2.45, 2.75) is 46.3 Å². The maximum atomic E-state index is 13.2. The van der Waals surface area contributed by atoms with Gasteiger partial charge in [0.2, 0.25) is 5.43 Å². The van der Waals surface area contributed by atoms with Crippen LogP contribution in [0.15, 0.2) is 47.4 Å². The predicted octanol–water partition coefficient (Wildman–Crippen LogP) is 5.60. The van der Waals surface area contributed by atoms with Gasteiger partial charge in [-0.15, -0.1) is 0 Å². The standard InChI is InChI=1S/C26H28Cl2N2O5/c1-5-34-24(32)19-15-30(12-11-29-25(33)35-26(2,3)4)21-10-9-16(14-18(21)23(19)31)13-17-7-6-8-20(27)22(17)28/h6-10,14-15H,5,11-13H2,1-4H3,(H,29,33). The number of aromatic nitrogens is 1. The van der Waals surface area contributed by atoms with Crippen LogP contribution in [0, 0.1) is 0 Å². The number of alkyl carbamates (subject to hydrolysis) is 1. The van der Waals surface area contributed by atoms with E-state index in [1.54, 1.807) is 44.4 Å². The van der Waals surface area contributed by atoms with Gasteiger partial charge in [-0.2, -0.15) is 0 Å². The number of nitrogens with zero attached hydrogens (tertiary/aromatic N) is 1. The minimum absolute atomic E-state index is 0.0745. The summed E-state index contributed by atoms with van der Waals surface area (Å²) in [6.07, 6.45) is 1.38. The van der Waals surface area contributed by atoms with Crippen molar-refractivity contribution in [2.75, 3.05) is 13.2 Å². The Balaban J connectivity index is 1.97. The highest BCUT2D eigenvalue weighted by Crippen LogP contribution is 2.28. The molecule has 1 aromatic heterocycles. The van der Waals surface area contributed by atoms with Gasteiger partial charge in [-0.3, -0.25) is 4.79 Å². The summed E-state index contributed by atoms with van der Waals surface area (Å²) in [5.74, 6) is -0.698. The summed E-state index contributed by atoms with van der Waals surface area (Å²) >= 11 is 12.5. The van der Waals surface area contributed by atoms with Crippen LogP contribution in [0.5, 0.6) is 0 Å². The number of hydrogen-bond acceptors (Lipinski definition) is 5. The zero-order valence-corrected chi connectivity index (χ0v) is 21.6. The van der Waals surface area contributed by atoms with E-state index < -0.39 is 23.1 Å². The first-order valence-corrected chi connectivity index (χ1v) is 12.0. The van der Waals surface area contributed by atoms with Crippen LogP contribution in [0.2, 0.25) is 10.0 Å². The summed E-state index contributed by atoms with van der Waals surface area (Å²) in [4.78, 5) is 37.7. The van der Waals surface area contributed by atoms with Crippen molar-refractivity contribution in [3.8, 4) is 0 Å². The fraction of sp³-hybridized carbons (Fsp3) is 0.346. The molecule has 0 aliphatic rings. The smallest absolute Gasteiger partial charge is 0.407 e. The maximum Gasteiger partial charge on any atom is 0.407 e. The molecule has 0 saturated heterocycles. The Kier molecular flexibility index (Phi) is 8.46. The molecule has 1 amide bonds. The number of ether oxygens (including phenoxy) is 2. The predicted molar refractivity (Wildman–Crippen MR) is 138 cm³/mol. The summed E-state index contributed by atoms with van der Waals surface area (Å²) in [5, 5.41) is 3.97. The van der Waals surface area contributed by atoms with Crippen molar-refractivity contribution < 1.29 is 19.1 Å². The summed E-state index contributed by atoms with van der Waals surface area (Å²) in [5.41, 5.74) is 1.16. The first-order chi connectivity index (χ1) is 16.5. The molecular formula is C26H28Cl2N2O5. The highest BCUT2D eigenvalue weighted by Gasteiger charge is 2.19. The zero-order valence-electron chi connectivity index (χ0n) is 20.1. The number of esters is 1. The van der Waals surface area contributed by atoms with Gasteiger partial charge in [-0.25, -0.2) is 9.59 Å². The number of benzene rings is 2. The minimum Gasteiger partial charge on any atom is -0.462 e. The van der Waals surface area contributed by atoms with Crippen molar-refractivity contribution in [2.24, 2.45) is 0 Å². The lowest BCUT2D eigenvalue weighted by Gasteiger charge is -2.20. The van der Waals surface area contributed by atoms with Crippen molar-refractivity contribution >= 4 is 46.2 Å². The topological polar surface area (TPSA) is 86.6 Å². The second-order valence-corrected chi connectivity index (χ2v) is 9.74. The van der Waals surface area contributed by atoms with Crippen LogP contribution >= 0.6 is 23.2 Å². The number of rotatable bonds is 7. The largest absolute Gasteiger partial charge is 0.462 e. The fourth-order valence-electron chi connectivity index (χ4n) is 3.59. The Hall–Kier alpha value is -3.03. The molecule has 3 rings (SSSR count). The monoisotopic (exact) mass is 518 g/mol. The number of halogens is 2. The second-order valence-electron chi connectivity index (χ2n) is 8.96. The summed E-state index contributed by atoms with van der Waals surface area (Å²) in [6, 6.07) is 10.8. The van der Waals surface area contributed by atoms with E-state index in [0.717, 1.165) is 11.1 Å². The van der Waals surface area contributed by atoms with Crippen molar-refractivity contribution in [3.05, 3.63) is 79.6 Å². The Labute approximate surface area is 213 Å². The van der Waals surface area contributed by atoms with Crippen LogP contribution < -0.4 is 10.7 Å². The third-order valence-electron chi connectivity index (χ3n) is 5.09. The van der Waals surface area contributed by atoms with Crippen LogP contribution in [-0.4, -0.2) is 35.4 Å². The van der Waals surface area contributed by atoms with Gasteiger partial charge >= 0.3 is 12.1 Å². The molecule has 0 aliphatic heterocycles. The SMILES string of the molecule is CCOC(=O)c1cn(CCNC(=O)OC(C)(C)C)c2ccc(Cc3cccc(Cl)c3Cl)cc2c1=O. The Morgan fingerprint density at radius 3 is 2.54 bits per heavy atom. The first kappa shape index (κ1) is 26.6. The highest BCUT2D eigenvalue weighted by atomic mass is 35.5. The molecule has 35 heavy (non-hydrogen) atoms. The first-order valence-electron chi connectivity index (χ1n) is 11.2. The number of fused-ring (bicyclic) bond motifs is 1. The lowest BCUT2D eigenvalue weighted by Crippen LogP contribution is -2.34. The number of nitrogens with one attached hydrogen (secondary N) is 1. The van der Waals surface area contributed by atoms with Gasteiger partial charge < -0.3 is 19.4 Å². The van der Waals surface area contributed by atoms with Crippen LogP contribution in [0.1, 0.15) is 49.2 Å². The lowest BCUT2D eigenvalue weighted by atomic mass is 10.0. The molecule has 2 aromatic carbocycles. The van der Waals surface area contributed by atoms with Crippen molar-refractivity contribution in [3.63, 3.8) is 0 Å². The van der Waals surface area contributed by atoms with Gasteiger partial charge in [0.25, 0.3) is 0 Å². The Morgan fingerprint density at radius 1 is 1.11 bits per heavy atom. The van der Waals surface area contributed by atoms with Crippen molar-refractivity contribution in [1.29, 1.82) is 0 Å². The third-order valence-corrected chi connectivity index (χ3v) is 5.95. The average Bonchev–Trinajstić information content (AvgIpc) is 2.77. The Bertz CT molecular complexity index is 1310. The Morgan fingerprint density at radius 2 is 1.86 bits per heavy atom. The van der Waals surface area contributed by atoms with Gasteiger partial charge in [-0.05, 0) is 63.4 Å². The van der Waals surface area contributed by atoms with E-state index in [1.807, 2.05) is 24.3 Å². The van der Waals surface area contributed by atoms with E-state index in [9.17, 15) is 14.4 Å². The zero-order chi connectivity index (χ0) is 25.8. The number of pyridine rings is 1. The normalized spacial score (nSPS) is 11.4. The molecule has 0 atom stereocenters. The van der Waals surface area contributed by atoms with E-state index in [1.165, 1.54) is 6.20 Å². The van der Waals surface area contributed by atoms with Crippen LogP contribution in [0.25, 0.3) is 10.9 Å². The molecule has 1 heterocycles. The molecule has 0 spiro atoms. The van der Waals surface area contributed by atoms with Gasteiger partial charge in [-0.1, -0.05) is 41.4 Å². The summed E-state index contributed by atoms with van der Waals surface area (Å²) in [7, 11) is 0. The summed E-state index contributed by atoms with van der Waals surface area (Å²) < 4.78 is 12.1. The number of amides is 1. The third kappa shape index (κ3) is 6.77. The molecule has 1 N–H and O–H groups in total. The number of carbonyl (C=O) groups is 2. The van der Waals surface area contributed by atoms with Gasteiger partial charge in [0, 0.05) is 24.7 Å². The molecule has 0 saturated carbocycles. The van der Waals surface area contributed by atoms with E-state index >= 15 is 0 Å². The molecule has 0 bridgehead atoms. The highest BCUT2D eigenvalue weighted by molar-refractivity contribution is 6.42. The molecule has 0 fully saturated rings. The van der Waals surface area contributed by atoms with Crippen LogP contribution in [-0.2, 0) is 22.4 Å². The molecular weight excluding hydrogens is 491 g/mol. The van der Waals surface area contributed by atoms with Crippen LogP contribution in [0.4, 0.5) is 4.79 Å².